The lowest BCUT2D eigenvalue weighted by molar-refractivity contribution is -0.149. The Labute approximate surface area is 220 Å². The molecule has 38 heavy (non-hydrogen) atoms. The quantitative estimate of drug-likeness (QED) is 0.0760. The van der Waals surface area contributed by atoms with Crippen molar-refractivity contribution >= 4 is 35.6 Å². The smallest absolute Gasteiger partial charge is 0.326 e. The van der Waals surface area contributed by atoms with Gasteiger partial charge in [0.1, 0.15) is 18.1 Å². The minimum absolute atomic E-state index is 0.0675. The molecule has 14 heteroatoms. The zero-order valence-corrected chi connectivity index (χ0v) is 21.0. The number of hydrogen-bond acceptors (Lipinski definition) is 7. The molecule has 0 aliphatic carbocycles. The van der Waals surface area contributed by atoms with Crippen LogP contribution in [0.5, 0.6) is 0 Å². The molecule has 1 saturated heterocycles. The van der Waals surface area contributed by atoms with Crippen molar-refractivity contribution in [3.63, 3.8) is 0 Å². The van der Waals surface area contributed by atoms with Crippen LogP contribution in [0, 0.1) is 0 Å². The summed E-state index contributed by atoms with van der Waals surface area (Å²) in [7, 11) is 0. The van der Waals surface area contributed by atoms with E-state index in [1.165, 1.54) is 0 Å². The van der Waals surface area contributed by atoms with Crippen molar-refractivity contribution in [1.82, 2.24) is 15.5 Å². The summed E-state index contributed by atoms with van der Waals surface area (Å²) in [6, 6.07) is 4.27. The molecule has 1 aromatic rings. The van der Waals surface area contributed by atoms with E-state index in [1.807, 2.05) is 0 Å². The van der Waals surface area contributed by atoms with E-state index in [1.54, 1.807) is 30.3 Å². The Morgan fingerprint density at radius 3 is 2.29 bits per heavy atom. The number of nitrogens with two attached hydrogens (primary N) is 4. The van der Waals surface area contributed by atoms with Crippen molar-refractivity contribution in [2.24, 2.45) is 27.9 Å². The maximum absolute atomic E-state index is 13.3. The van der Waals surface area contributed by atoms with Gasteiger partial charge in [-0.1, -0.05) is 30.3 Å². The highest BCUT2D eigenvalue weighted by Gasteiger charge is 2.39. The number of benzene rings is 1. The van der Waals surface area contributed by atoms with Crippen LogP contribution in [0.3, 0.4) is 0 Å². The van der Waals surface area contributed by atoms with E-state index in [4.69, 9.17) is 22.9 Å². The lowest BCUT2D eigenvalue weighted by atomic mass is 10.0. The van der Waals surface area contributed by atoms with E-state index < -0.39 is 60.2 Å². The topological polar surface area (TPSA) is 249 Å². The van der Waals surface area contributed by atoms with Crippen molar-refractivity contribution < 1.29 is 29.1 Å². The molecule has 11 N–H and O–H groups in total. The zero-order valence-electron chi connectivity index (χ0n) is 21.0. The molecule has 1 aromatic carbocycles. The minimum Gasteiger partial charge on any atom is -0.480 e. The average Bonchev–Trinajstić information content (AvgIpc) is 3.36. The number of rotatable bonds is 14. The number of likely N-dealkylation sites (tertiary alicyclic amines) is 1. The van der Waals surface area contributed by atoms with Gasteiger partial charge in [-0.15, -0.1) is 0 Å². The van der Waals surface area contributed by atoms with Gasteiger partial charge >= 0.3 is 5.97 Å². The molecule has 0 aromatic heterocycles. The van der Waals surface area contributed by atoms with Crippen molar-refractivity contribution in [1.29, 1.82) is 0 Å². The first-order chi connectivity index (χ1) is 18.0. The Hall–Kier alpha value is -4.20. The molecule has 1 aliphatic rings. The predicted molar refractivity (Wildman–Crippen MR) is 138 cm³/mol. The van der Waals surface area contributed by atoms with Crippen molar-refractivity contribution in [3.8, 4) is 0 Å². The summed E-state index contributed by atoms with van der Waals surface area (Å²) in [6.45, 7) is 0.446. The third-order valence-electron chi connectivity index (χ3n) is 6.06. The number of aliphatic imine (C=N–C) groups is 1. The number of nitrogens with one attached hydrogen (secondary N) is 2. The summed E-state index contributed by atoms with van der Waals surface area (Å²) in [5.74, 6) is -4.20. The zero-order chi connectivity index (χ0) is 28.2. The molecule has 0 bridgehead atoms. The van der Waals surface area contributed by atoms with Crippen molar-refractivity contribution in [3.05, 3.63) is 35.9 Å². The van der Waals surface area contributed by atoms with Gasteiger partial charge in [0.25, 0.3) is 0 Å². The van der Waals surface area contributed by atoms with Gasteiger partial charge in [-0.05, 0) is 31.2 Å². The largest absolute Gasteiger partial charge is 0.480 e. The van der Waals surface area contributed by atoms with Gasteiger partial charge in [0.15, 0.2) is 5.96 Å². The molecule has 0 saturated carbocycles. The van der Waals surface area contributed by atoms with Crippen LogP contribution in [0.1, 0.15) is 37.7 Å². The number of guanidine groups is 1. The molecular formula is C24H36N8O6. The summed E-state index contributed by atoms with van der Waals surface area (Å²) in [4.78, 5) is 67.4. The molecule has 1 aliphatic heterocycles. The maximum Gasteiger partial charge on any atom is 0.326 e. The van der Waals surface area contributed by atoms with Crippen LogP contribution in [0.15, 0.2) is 35.3 Å². The van der Waals surface area contributed by atoms with E-state index in [-0.39, 0.29) is 38.3 Å². The molecule has 1 heterocycles. The summed E-state index contributed by atoms with van der Waals surface area (Å²) in [6.07, 6.45) is 0.927. The van der Waals surface area contributed by atoms with E-state index >= 15 is 0 Å². The molecule has 14 nitrogen and oxygen atoms in total. The fourth-order valence-corrected chi connectivity index (χ4v) is 4.15. The molecule has 0 spiro atoms. The van der Waals surface area contributed by atoms with Gasteiger partial charge in [0.2, 0.25) is 23.6 Å². The van der Waals surface area contributed by atoms with Gasteiger partial charge in [-0.3, -0.25) is 24.2 Å². The Kier molecular flexibility index (Phi) is 11.5. The minimum atomic E-state index is -1.40. The first-order valence-electron chi connectivity index (χ1n) is 12.3. The molecule has 0 radical (unpaired) electrons. The van der Waals surface area contributed by atoms with E-state index in [9.17, 15) is 29.1 Å². The normalized spacial score (nSPS) is 17.1. The number of amides is 4. The maximum atomic E-state index is 13.3. The molecule has 208 valence electrons. The van der Waals surface area contributed by atoms with Gasteiger partial charge in [-0.25, -0.2) is 4.79 Å². The van der Waals surface area contributed by atoms with Gasteiger partial charge in [0.05, 0.1) is 12.5 Å². The van der Waals surface area contributed by atoms with E-state index in [0.717, 1.165) is 10.5 Å². The average molecular weight is 533 g/mol. The van der Waals surface area contributed by atoms with Crippen molar-refractivity contribution in [2.45, 2.75) is 62.7 Å². The molecule has 4 unspecified atom stereocenters. The third kappa shape index (κ3) is 9.35. The molecule has 2 rings (SSSR count). The second kappa shape index (κ2) is 14.5. The van der Waals surface area contributed by atoms with Crippen LogP contribution in [0.25, 0.3) is 0 Å². The highest BCUT2D eigenvalue weighted by molar-refractivity contribution is 5.96. The Morgan fingerprint density at radius 2 is 1.68 bits per heavy atom. The van der Waals surface area contributed by atoms with Crippen LogP contribution < -0.4 is 33.6 Å². The second-order valence-electron chi connectivity index (χ2n) is 9.07. The van der Waals surface area contributed by atoms with Crippen LogP contribution in [-0.2, 0) is 30.4 Å². The predicted octanol–water partition coefficient (Wildman–Crippen LogP) is -2.47. The van der Waals surface area contributed by atoms with Crippen LogP contribution in [-0.4, -0.2) is 82.8 Å². The fraction of sp³-hybridized carbons (Fsp3) is 0.500. The first kappa shape index (κ1) is 30.0. The third-order valence-corrected chi connectivity index (χ3v) is 6.06. The second-order valence-corrected chi connectivity index (χ2v) is 9.07. The van der Waals surface area contributed by atoms with Crippen LogP contribution >= 0.6 is 0 Å². The Balaban J connectivity index is 2.18. The van der Waals surface area contributed by atoms with Gasteiger partial charge < -0.3 is 43.6 Å². The van der Waals surface area contributed by atoms with E-state index in [0.29, 0.717) is 12.8 Å². The number of carboxylic acids is 1. The SMILES string of the molecule is NC(=O)CC(NC(=O)C(Cc1ccccc1)NC(=O)C(N)CCCN=C(N)N)C(=O)N1CCCC1C(=O)O. The Morgan fingerprint density at radius 1 is 1.03 bits per heavy atom. The summed E-state index contributed by atoms with van der Waals surface area (Å²) in [5, 5.41) is 14.5. The number of hydrogen-bond donors (Lipinski definition) is 7. The first-order valence-corrected chi connectivity index (χ1v) is 12.3. The number of aliphatic carboxylic acids is 1. The molecule has 4 amide bonds. The van der Waals surface area contributed by atoms with Crippen molar-refractivity contribution in [2.75, 3.05) is 13.1 Å². The number of primary amides is 1. The van der Waals surface area contributed by atoms with Crippen LogP contribution in [0.4, 0.5) is 0 Å². The number of carbonyl (C=O) groups excluding carboxylic acids is 4. The number of carboxylic acid groups (broad SMARTS) is 1. The van der Waals surface area contributed by atoms with Gasteiger partial charge in [-0.2, -0.15) is 0 Å². The monoisotopic (exact) mass is 532 g/mol. The molecule has 1 fully saturated rings. The van der Waals surface area contributed by atoms with Crippen LogP contribution in [0.2, 0.25) is 0 Å². The molecule has 4 atom stereocenters. The highest BCUT2D eigenvalue weighted by atomic mass is 16.4. The highest BCUT2D eigenvalue weighted by Crippen LogP contribution is 2.19. The summed E-state index contributed by atoms with van der Waals surface area (Å²) < 4.78 is 0. The lowest BCUT2D eigenvalue weighted by Crippen LogP contribution is -2.58. The summed E-state index contributed by atoms with van der Waals surface area (Å²) >= 11 is 0. The number of nitrogens with zero attached hydrogens (tertiary/aromatic N) is 2. The fourth-order valence-electron chi connectivity index (χ4n) is 4.15. The summed E-state index contributed by atoms with van der Waals surface area (Å²) in [5.41, 5.74) is 22.6. The standard InChI is InChI=1S/C24H36N8O6/c25-15(8-4-10-29-24(27)28)20(34)30-16(12-14-6-2-1-3-7-14)21(35)31-17(13-19(26)33)22(36)32-11-5-9-18(32)23(37)38/h1-3,6-7,15-18H,4-5,8-13,25H2,(H2,26,33)(H,30,34)(H,31,35)(H,37,38)(H4,27,28,29). The molecular weight excluding hydrogens is 496 g/mol. The van der Waals surface area contributed by atoms with E-state index in [2.05, 4.69) is 15.6 Å². The Bertz CT molecular complexity index is 1030. The number of carbonyl (C=O) groups is 5. The lowest BCUT2D eigenvalue weighted by Gasteiger charge is -2.28. The van der Waals surface area contributed by atoms with Gasteiger partial charge in [0, 0.05) is 19.5 Å².